The Labute approximate surface area is 195 Å². The normalized spacial score (nSPS) is 12.8. The lowest BCUT2D eigenvalue weighted by atomic mass is 9.96. The number of aryl methyl sites for hydroxylation is 1. The third-order valence-electron chi connectivity index (χ3n) is 5.54. The summed E-state index contributed by atoms with van der Waals surface area (Å²) in [5, 5.41) is 27.2. The van der Waals surface area contributed by atoms with E-state index in [9.17, 15) is 15.3 Å². The van der Waals surface area contributed by atoms with Crippen LogP contribution in [0.4, 0.5) is 16.5 Å². The van der Waals surface area contributed by atoms with Crippen molar-refractivity contribution in [2.45, 2.75) is 25.7 Å². The number of aromatic nitrogens is 1. The minimum Gasteiger partial charge on any atom is -0.397 e. The Morgan fingerprint density at radius 3 is 2.62 bits per heavy atom. The van der Waals surface area contributed by atoms with Gasteiger partial charge in [-0.2, -0.15) is 21.9 Å². The highest BCUT2D eigenvalue weighted by Gasteiger charge is 2.27. The smallest absolute Gasteiger partial charge is 0.268 e. The number of nitriles is 2. The maximum Gasteiger partial charge on any atom is 0.268 e. The van der Waals surface area contributed by atoms with Crippen molar-refractivity contribution < 1.29 is 4.79 Å². The van der Waals surface area contributed by atoms with E-state index >= 15 is 0 Å². The van der Waals surface area contributed by atoms with Crippen LogP contribution in [-0.2, 0) is 12.8 Å². The number of nitrogens with two attached hydrogens (primary N) is 2. The standard InChI is InChI=1S/C22H16N6OS3/c23-7-12-11-3-1-2-4-14(11)31-21(12)28-20(29)18-17(25)16-15(10-5-6-30-9-10)13(8-24)19(26)27-22(16)32-18/h5-6,9H,1-4,25H2,(H2,26,27)(H,28,29). The molecule has 0 aromatic carbocycles. The van der Waals surface area contributed by atoms with Gasteiger partial charge in [-0.05, 0) is 53.6 Å². The van der Waals surface area contributed by atoms with Crippen LogP contribution in [0, 0.1) is 22.7 Å². The van der Waals surface area contributed by atoms with E-state index in [-0.39, 0.29) is 21.9 Å². The molecule has 0 spiro atoms. The molecule has 1 amide bonds. The SMILES string of the molecule is N#Cc1c(NC(=O)c2sc3nc(N)c(C#N)c(-c4ccsc4)c3c2N)sc2c1CCCC2. The number of rotatable bonds is 3. The first-order valence-electron chi connectivity index (χ1n) is 9.83. The molecule has 0 radical (unpaired) electrons. The lowest BCUT2D eigenvalue weighted by Gasteiger charge is -2.09. The van der Waals surface area contributed by atoms with Gasteiger partial charge in [0.2, 0.25) is 0 Å². The number of anilines is 3. The second-order valence-electron chi connectivity index (χ2n) is 7.38. The second-order valence-corrected chi connectivity index (χ2v) is 10.3. The number of hydrogen-bond acceptors (Lipinski definition) is 9. The van der Waals surface area contributed by atoms with Crippen LogP contribution in [0.15, 0.2) is 16.8 Å². The maximum atomic E-state index is 13.2. The molecule has 4 heterocycles. The summed E-state index contributed by atoms with van der Waals surface area (Å²) >= 11 is 4.09. The van der Waals surface area contributed by atoms with E-state index in [1.807, 2.05) is 16.8 Å². The average Bonchev–Trinajstić information content (AvgIpc) is 3.50. The van der Waals surface area contributed by atoms with Gasteiger partial charge < -0.3 is 16.8 Å². The Balaban J connectivity index is 1.62. The zero-order valence-corrected chi connectivity index (χ0v) is 19.1. The van der Waals surface area contributed by atoms with Gasteiger partial charge in [0.05, 0.1) is 11.3 Å². The van der Waals surface area contributed by atoms with E-state index in [2.05, 4.69) is 22.4 Å². The fourth-order valence-electron chi connectivity index (χ4n) is 4.08. The van der Waals surface area contributed by atoms with Crippen LogP contribution >= 0.6 is 34.0 Å². The summed E-state index contributed by atoms with van der Waals surface area (Å²) < 4.78 is 0. The molecule has 0 unspecified atom stereocenters. The molecule has 158 valence electrons. The van der Waals surface area contributed by atoms with E-state index in [0.29, 0.717) is 26.3 Å². The minimum absolute atomic E-state index is 0.104. The molecule has 32 heavy (non-hydrogen) atoms. The highest BCUT2D eigenvalue weighted by Crippen LogP contribution is 2.44. The number of carbonyl (C=O) groups is 1. The van der Waals surface area contributed by atoms with Gasteiger partial charge in [-0.25, -0.2) is 4.98 Å². The monoisotopic (exact) mass is 476 g/mol. The van der Waals surface area contributed by atoms with Crippen LogP contribution in [-0.4, -0.2) is 10.9 Å². The van der Waals surface area contributed by atoms with Crippen LogP contribution in [0.5, 0.6) is 0 Å². The van der Waals surface area contributed by atoms with Crippen LogP contribution < -0.4 is 16.8 Å². The van der Waals surface area contributed by atoms with Crippen LogP contribution in [0.3, 0.4) is 0 Å². The van der Waals surface area contributed by atoms with Gasteiger partial charge in [0.1, 0.15) is 38.2 Å². The van der Waals surface area contributed by atoms with Crippen molar-refractivity contribution in [1.29, 1.82) is 10.5 Å². The molecular formula is C22H16N6OS3. The summed E-state index contributed by atoms with van der Waals surface area (Å²) in [6.07, 6.45) is 3.93. The summed E-state index contributed by atoms with van der Waals surface area (Å²) in [6, 6.07) is 6.26. The molecule has 4 aromatic rings. The Kier molecular flexibility index (Phi) is 5.06. The first-order chi connectivity index (χ1) is 15.5. The fourth-order valence-corrected chi connectivity index (χ4v) is 6.97. The zero-order valence-electron chi connectivity index (χ0n) is 16.7. The number of amides is 1. The number of pyridine rings is 1. The van der Waals surface area contributed by atoms with Crippen molar-refractivity contribution in [3.63, 3.8) is 0 Å². The number of nitrogens with one attached hydrogen (secondary N) is 1. The minimum atomic E-state index is -0.394. The Morgan fingerprint density at radius 1 is 1.12 bits per heavy atom. The van der Waals surface area contributed by atoms with Crippen molar-refractivity contribution in [3.8, 4) is 23.3 Å². The van der Waals surface area contributed by atoms with Crippen molar-refractivity contribution in [1.82, 2.24) is 4.98 Å². The number of carbonyl (C=O) groups excluding carboxylic acids is 1. The number of fused-ring (bicyclic) bond motifs is 2. The molecule has 5 N–H and O–H groups in total. The van der Waals surface area contributed by atoms with Crippen molar-refractivity contribution >= 4 is 66.6 Å². The number of hydrogen-bond donors (Lipinski definition) is 3. The summed E-state index contributed by atoms with van der Waals surface area (Å²) in [4.78, 5) is 19.5. The molecule has 7 nitrogen and oxygen atoms in total. The first-order valence-corrected chi connectivity index (χ1v) is 12.4. The summed E-state index contributed by atoms with van der Waals surface area (Å²) in [6.45, 7) is 0. The van der Waals surface area contributed by atoms with Crippen molar-refractivity contribution in [3.05, 3.63) is 43.3 Å². The molecule has 0 bridgehead atoms. The zero-order chi connectivity index (χ0) is 22.4. The Hall–Kier alpha value is -3.44. The Morgan fingerprint density at radius 2 is 1.91 bits per heavy atom. The van der Waals surface area contributed by atoms with Gasteiger partial charge in [-0.3, -0.25) is 4.79 Å². The predicted molar refractivity (Wildman–Crippen MR) is 130 cm³/mol. The first kappa shape index (κ1) is 20.5. The van der Waals surface area contributed by atoms with Gasteiger partial charge >= 0.3 is 0 Å². The van der Waals surface area contributed by atoms with E-state index < -0.39 is 5.91 Å². The van der Waals surface area contributed by atoms with Gasteiger partial charge in [0.15, 0.2) is 0 Å². The molecule has 0 atom stereocenters. The topological polar surface area (TPSA) is 142 Å². The van der Waals surface area contributed by atoms with E-state index in [0.717, 1.165) is 48.1 Å². The third kappa shape index (κ3) is 3.12. The number of nitrogen functional groups attached to an aromatic ring is 2. The second kappa shape index (κ2) is 7.92. The predicted octanol–water partition coefficient (Wildman–Crippen LogP) is 5.13. The maximum absolute atomic E-state index is 13.2. The molecule has 0 aliphatic heterocycles. The molecule has 10 heteroatoms. The highest BCUT2D eigenvalue weighted by molar-refractivity contribution is 7.21. The van der Waals surface area contributed by atoms with E-state index in [1.165, 1.54) is 27.6 Å². The fraction of sp³-hybridized carbons (Fsp3) is 0.182. The lowest BCUT2D eigenvalue weighted by Crippen LogP contribution is -2.12. The molecular weight excluding hydrogens is 460 g/mol. The van der Waals surface area contributed by atoms with Gasteiger partial charge in [-0.1, -0.05) is 0 Å². The molecule has 0 saturated heterocycles. The molecule has 5 rings (SSSR count). The highest BCUT2D eigenvalue weighted by atomic mass is 32.1. The average molecular weight is 477 g/mol. The summed E-state index contributed by atoms with van der Waals surface area (Å²) in [7, 11) is 0. The molecule has 0 saturated carbocycles. The van der Waals surface area contributed by atoms with Crippen LogP contribution in [0.2, 0.25) is 0 Å². The molecule has 0 fully saturated rings. The van der Waals surface area contributed by atoms with Crippen LogP contribution in [0.25, 0.3) is 21.3 Å². The van der Waals surface area contributed by atoms with E-state index in [1.54, 1.807) is 0 Å². The molecule has 4 aromatic heterocycles. The third-order valence-corrected chi connectivity index (χ3v) is 8.53. The van der Waals surface area contributed by atoms with Crippen molar-refractivity contribution in [2.24, 2.45) is 0 Å². The largest absolute Gasteiger partial charge is 0.397 e. The van der Waals surface area contributed by atoms with Crippen LogP contribution in [0.1, 0.15) is 44.1 Å². The van der Waals surface area contributed by atoms with Gasteiger partial charge in [-0.15, -0.1) is 22.7 Å². The van der Waals surface area contributed by atoms with Gasteiger partial charge in [0.25, 0.3) is 5.91 Å². The number of nitrogens with zero attached hydrogens (tertiary/aromatic N) is 3. The quantitative estimate of drug-likeness (QED) is 0.374. The molecule has 1 aliphatic rings. The summed E-state index contributed by atoms with van der Waals surface area (Å²) in [5.74, 6) is -0.291. The van der Waals surface area contributed by atoms with Gasteiger partial charge in [0, 0.05) is 15.8 Å². The summed E-state index contributed by atoms with van der Waals surface area (Å²) in [5.41, 5.74) is 16.0. The van der Waals surface area contributed by atoms with Crippen molar-refractivity contribution in [2.75, 3.05) is 16.8 Å². The lowest BCUT2D eigenvalue weighted by molar-refractivity contribution is 0.103. The Bertz CT molecular complexity index is 1470. The number of thiophene rings is 3. The molecule has 1 aliphatic carbocycles. The van der Waals surface area contributed by atoms with E-state index in [4.69, 9.17) is 11.5 Å².